The molecule has 2 rings (SSSR count). The molecule has 0 fully saturated rings. The second-order valence-corrected chi connectivity index (χ2v) is 3.11. The minimum absolute atomic E-state index is 0.107. The Morgan fingerprint density at radius 3 is 2.59 bits per heavy atom. The number of ether oxygens (including phenoxy) is 1. The predicted molar refractivity (Wildman–Crippen MR) is 55.5 cm³/mol. The van der Waals surface area contributed by atoms with Crippen molar-refractivity contribution in [1.82, 2.24) is 10.2 Å². The fourth-order valence-electron chi connectivity index (χ4n) is 1.17. The molecule has 0 aliphatic heterocycles. The van der Waals surface area contributed by atoms with Crippen LogP contribution in [0.5, 0.6) is 11.6 Å². The molecule has 0 saturated heterocycles. The minimum atomic E-state index is -1.17. The number of aromatic nitrogens is 2. The third-order valence-corrected chi connectivity index (χ3v) is 1.95. The van der Waals surface area contributed by atoms with Gasteiger partial charge in [-0.2, -0.15) is 5.10 Å². The van der Waals surface area contributed by atoms with E-state index in [-0.39, 0.29) is 17.2 Å². The maximum atomic E-state index is 12.7. The van der Waals surface area contributed by atoms with Gasteiger partial charge in [0.25, 0.3) is 5.88 Å². The summed E-state index contributed by atoms with van der Waals surface area (Å²) < 4.78 is 17.9. The monoisotopic (exact) mass is 234 g/mol. The molecule has 6 heteroatoms. The number of hydrogen-bond acceptors (Lipinski definition) is 4. The van der Waals surface area contributed by atoms with Crippen molar-refractivity contribution in [3.8, 4) is 11.6 Å². The summed E-state index contributed by atoms with van der Waals surface area (Å²) in [5.74, 6) is -1.42. The molecule has 0 aliphatic carbocycles. The normalized spacial score (nSPS) is 9.94. The van der Waals surface area contributed by atoms with Gasteiger partial charge in [0.15, 0.2) is 0 Å². The van der Waals surface area contributed by atoms with Gasteiger partial charge in [0.2, 0.25) is 0 Å². The highest BCUT2D eigenvalue weighted by atomic mass is 19.1. The summed E-state index contributed by atoms with van der Waals surface area (Å²) in [5, 5.41) is 16.0. The summed E-state index contributed by atoms with van der Waals surface area (Å²) >= 11 is 0. The smallest absolute Gasteiger partial charge is 0.341 e. The van der Waals surface area contributed by atoms with E-state index in [0.717, 1.165) is 0 Å². The van der Waals surface area contributed by atoms with Crippen LogP contribution in [0.25, 0.3) is 0 Å². The molecule has 1 heterocycles. The van der Waals surface area contributed by atoms with Gasteiger partial charge in [0, 0.05) is 0 Å². The van der Waals surface area contributed by atoms with Gasteiger partial charge >= 0.3 is 5.97 Å². The molecule has 0 saturated carbocycles. The van der Waals surface area contributed by atoms with E-state index in [1.165, 1.54) is 36.5 Å². The number of aromatic carboxylic acids is 1. The molecule has 5 nitrogen and oxygen atoms in total. The Bertz CT molecular complexity index is 543. The Balaban J connectivity index is 2.30. The van der Waals surface area contributed by atoms with Crippen LogP contribution in [0.4, 0.5) is 4.39 Å². The van der Waals surface area contributed by atoms with Crippen molar-refractivity contribution in [2.75, 3.05) is 0 Å². The van der Waals surface area contributed by atoms with Gasteiger partial charge in [-0.15, -0.1) is 5.10 Å². The van der Waals surface area contributed by atoms with E-state index in [9.17, 15) is 9.18 Å². The third-order valence-electron chi connectivity index (χ3n) is 1.95. The van der Waals surface area contributed by atoms with E-state index in [1.54, 1.807) is 0 Å². The van der Waals surface area contributed by atoms with E-state index in [4.69, 9.17) is 9.84 Å². The Morgan fingerprint density at radius 1 is 1.24 bits per heavy atom. The molecule has 2 aromatic rings. The molecule has 17 heavy (non-hydrogen) atoms. The van der Waals surface area contributed by atoms with Crippen LogP contribution in [0.1, 0.15) is 10.4 Å². The van der Waals surface area contributed by atoms with Crippen molar-refractivity contribution in [2.24, 2.45) is 0 Å². The molecule has 1 N–H and O–H groups in total. The summed E-state index contributed by atoms with van der Waals surface area (Å²) in [4.78, 5) is 10.9. The van der Waals surface area contributed by atoms with Crippen molar-refractivity contribution in [2.45, 2.75) is 0 Å². The summed E-state index contributed by atoms with van der Waals surface area (Å²) in [6, 6.07) is 6.41. The van der Waals surface area contributed by atoms with Crippen LogP contribution >= 0.6 is 0 Å². The molecular weight excluding hydrogens is 227 g/mol. The number of benzene rings is 1. The largest absolute Gasteiger partial charge is 0.477 e. The summed E-state index contributed by atoms with van der Waals surface area (Å²) in [5.41, 5.74) is -0.107. The highest BCUT2D eigenvalue weighted by molar-refractivity contribution is 5.90. The van der Waals surface area contributed by atoms with Gasteiger partial charge in [0.05, 0.1) is 6.20 Å². The average Bonchev–Trinajstić information content (AvgIpc) is 2.32. The molecule has 0 radical (unpaired) electrons. The van der Waals surface area contributed by atoms with Crippen LogP contribution in [-0.2, 0) is 0 Å². The third kappa shape index (κ3) is 2.54. The van der Waals surface area contributed by atoms with E-state index in [0.29, 0.717) is 0 Å². The van der Waals surface area contributed by atoms with E-state index < -0.39 is 11.8 Å². The van der Waals surface area contributed by atoms with Crippen LogP contribution in [0, 0.1) is 5.82 Å². The zero-order valence-electron chi connectivity index (χ0n) is 8.50. The van der Waals surface area contributed by atoms with Crippen LogP contribution in [-0.4, -0.2) is 21.3 Å². The standard InChI is InChI=1S/C11H7FN2O3/c12-7-1-3-8(4-2-7)17-10-9(11(15)16)5-6-13-14-10/h1-6H,(H,15,16). The molecule has 86 valence electrons. The average molecular weight is 234 g/mol. The fourth-order valence-corrected chi connectivity index (χ4v) is 1.17. The molecule has 0 spiro atoms. The molecule has 0 atom stereocenters. The Morgan fingerprint density at radius 2 is 1.94 bits per heavy atom. The summed E-state index contributed by atoms with van der Waals surface area (Å²) in [6.45, 7) is 0. The lowest BCUT2D eigenvalue weighted by Gasteiger charge is -2.05. The number of nitrogens with zero attached hydrogens (tertiary/aromatic N) is 2. The topological polar surface area (TPSA) is 72.3 Å². The van der Waals surface area contributed by atoms with Crippen molar-refractivity contribution in [1.29, 1.82) is 0 Å². The van der Waals surface area contributed by atoms with Crippen LogP contribution in [0.2, 0.25) is 0 Å². The molecule has 0 amide bonds. The van der Waals surface area contributed by atoms with Crippen LogP contribution < -0.4 is 4.74 Å². The predicted octanol–water partition coefficient (Wildman–Crippen LogP) is 2.11. The number of carbonyl (C=O) groups is 1. The lowest BCUT2D eigenvalue weighted by atomic mass is 10.3. The van der Waals surface area contributed by atoms with Gasteiger partial charge in [-0.25, -0.2) is 9.18 Å². The van der Waals surface area contributed by atoms with Gasteiger partial charge in [0.1, 0.15) is 17.1 Å². The maximum Gasteiger partial charge on any atom is 0.341 e. The van der Waals surface area contributed by atoms with Crippen LogP contribution in [0.15, 0.2) is 36.5 Å². The number of halogens is 1. The number of hydrogen-bond donors (Lipinski definition) is 1. The SMILES string of the molecule is O=C(O)c1ccnnc1Oc1ccc(F)cc1. The van der Waals surface area contributed by atoms with Gasteiger partial charge in [-0.05, 0) is 30.3 Å². The van der Waals surface area contributed by atoms with E-state index in [2.05, 4.69) is 10.2 Å². The second kappa shape index (κ2) is 4.56. The molecule has 1 aromatic carbocycles. The quantitative estimate of drug-likeness (QED) is 0.880. The second-order valence-electron chi connectivity index (χ2n) is 3.11. The van der Waals surface area contributed by atoms with E-state index in [1.807, 2.05) is 0 Å². The minimum Gasteiger partial charge on any atom is -0.477 e. The van der Waals surface area contributed by atoms with Crippen molar-refractivity contribution < 1.29 is 19.0 Å². The lowest BCUT2D eigenvalue weighted by molar-refractivity contribution is 0.0693. The first-order chi connectivity index (χ1) is 8.16. The number of rotatable bonds is 3. The Hall–Kier alpha value is -2.50. The number of carboxylic acid groups (broad SMARTS) is 1. The van der Waals surface area contributed by atoms with E-state index >= 15 is 0 Å². The first-order valence-corrected chi connectivity index (χ1v) is 4.65. The Kier molecular flexibility index (Phi) is 2.95. The summed E-state index contributed by atoms with van der Waals surface area (Å²) in [7, 11) is 0. The first-order valence-electron chi connectivity index (χ1n) is 4.65. The van der Waals surface area contributed by atoms with Gasteiger partial charge in [-0.3, -0.25) is 0 Å². The van der Waals surface area contributed by atoms with Crippen molar-refractivity contribution in [3.05, 3.63) is 47.9 Å². The lowest BCUT2D eigenvalue weighted by Crippen LogP contribution is -2.02. The molecule has 0 unspecified atom stereocenters. The molecule has 0 aliphatic rings. The van der Waals surface area contributed by atoms with Crippen molar-refractivity contribution >= 4 is 5.97 Å². The zero-order chi connectivity index (χ0) is 12.3. The van der Waals surface area contributed by atoms with Gasteiger partial charge in [-0.1, -0.05) is 0 Å². The van der Waals surface area contributed by atoms with Crippen molar-refractivity contribution in [3.63, 3.8) is 0 Å². The highest BCUT2D eigenvalue weighted by Gasteiger charge is 2.13. The molecule has 0 bridgehead atoms. The highest BCUT2D eigenvalue weighted by Crippen LogP contribution is 2.22. The van der Waals surface area contributed by atoms with Gasteiger partial charge < -0.3 is 9.84 Å². The summed E-state index contributed by atoms with van der Waals surface area (Å²) in [6.07, 6.45) is 1.25. The van der Waals surface area contributed by atoms with Crippen LogP contribution in [0.3, 0.4) is 0 Å². The zero-order valence-corrected chi connectivity index (χ0v) is 8.50. The maximum absolute atomic E-state index is 12.7. The number of carboxylic acids is 1. The molecule has 1 aromatic heterocycles. The Labute approximate surface area is 95.5 Å². The molecular formula is C11H7FN2O3. The fraction of sp³-hybridized carbons (Fsp3) is 0. The first kappa shape index (κ1) is 11.0.